The largest absolute Gasteiger partial charge is 0.482 e. The van der Waals surface area contributed by atoms with Gasteiger partial charge in [0.25, 0.3) is 5.91 Å². The van der Waals surface area contributed by atoms with Gasteiger partial charge in [-0.05, 0) is 50.5 Å². The van der Waals surface area contributed by atoms with Crippen LogP contribution in [-0.2, 0) is 6.42 Å². The van der Waals surface area contributed by atoms with Crippen LogP contribution in [0.15, 0.2) is 22.7 Å². The summed E-state index contributed by atoms with van der Waals surface area (Å²) in [4.78, 5) is 12.4. The Morgan fingerprint density at radius 2 is 2.13 bits per heavy atom. The summed E-state index contributed by atoms with van der Waals surface area (Å²) in [6.45, 7) is 5.91. The van der Waals surface area contributed by atoms with Crippen molar-refractivity contribution in [2.45, 2.75) is 40.0 Å². The van der Waals surface area contributed by atoms with E-state index in [9.17, 15) is 4.79 Å². The number of aryl methyl sites for hydroxylation is 1. The summed E-state index contributed by atoms with van der Waals surface area (Å²) in [6, 6.07) is 5.28. The van der Waals surface area contributed by atoms with Crippen molar-refractivity contribution in [1.82, 2.24) is 9.78 Å². The highest BCUT2D eigenvalue weighted by Crippen LogP contribution is 2.27. The van der Waals surface area contributed by atoms with E-state index >= 15 is 0 Å². The Labute approximate surface area is 149 Å². The average Bonchev–Trinajstić information content (AvgIpc) is 2.79. The zero-order chi connectivity index (χ0) is 17.0. The summed E-state index contributed by atoms with van der Waals surface area (Å²) in [7, 11) is 0. The first-order valence-electron chi connectivity index (χ1n) is 7.60. The van der Waals surface area contributed by atoms with Gasteiger partial charge in [0.2, 0.25) is 0 Å². The lowest BCUT2D eigenvalue weighted by Gasteiger charge is -2.08. The standard InChI is InChI=1S/C17H20BrClN2O2/c1-4-5-6-14-11(2)20-21(12(14)3)17(22)10-23-16-8-7-13(18)9-15(16)19/h7-9H,4-6,10H2,1-3H3. The minimum absolute atomic E-state index is 0.101. The highest BCUT2D eigenvalue weighted by atomic mass is 79.9. The van der Waals surface area contributed by atoms with Crippen LogP contribution in [0.4, 0.5) is 0 Å². The molecule has 0 saturated heterocycles. The number of ether oxygens (including phenoxy) is 1. The summed E-state index contributed by atoms with van der Waals surface area (Å²) in [5.74, 6) is 0.281. The summed E-state index contributed by atoms with van der Waals surface area (Å²) in [5.41, 5.74) is 2.96. The maximum Gasteiger partial charge on any atom is 0.284 e. The number of unbranched alkanes of at least 4 members (excludes halogenated alkanes) is 1. The topological polar surface area (TPSA) is 44.1 Å². The lowest BCUT2D eigenvalue weighted by Crippen LogP contribution is -2.22. The van der Waals surface area contributed by atoms with Crippen molar-refractivity contribution in [2.75, 3.05) is 6.61 Å². The van der Waals surface area contributed by atoms with E-state index in [1.807, 2.05) is 19.9 Å². The Balaban J connectivity index is 2.09. The smallest absolute Gasteiger partial charge is 0.284 e. The van der Waals surface area contributed by atoms with Crippen molar-refractivity contribution in [3.05, 3.63) is 44.6 Å². The van der Waals surface area contributed by atoms with E-state index in [4.69, 9.17) is 16.3 Å². The Morgan fingerprint density at radius 3 is 2.78 bits per heavy atom. The van der Waals surface area contributed by atoms with E-state index in [0.717, 1.165) is 40.7 Å². The van der Waals surface area contributed by atoms with Crippen molar-refractivity contribution in [3.8, 4) is 5.75 Å². The number of rotatable bonds is 6. The minimum atomic E-state index is -0.202. The number of benzene rings is 1. The molecule has 0 N–H and O–H groups in total. The van der Waals surface area contributed by atoms with Crippen LogP contribution in [0.2, 0.25) is 5.02 Å². The molecule has 2 aromatic rings. The Kier molecular flexibility index (Phi) is 6.25. The van der Waals surface area contributed by atoms with Gasteiger partial charge in [0, 0.05) is 10.2 Å². The maximum absolute atomic E-state index is 12.4. The molecule has 1 heterocycles. The fraction of sp³-hybridized carbons (Fsp3) is 0.412. The van der Waals surface area contributed by atoms with Gasteiger partial charge in [0.05, 0.1) is 10.7 Å². The Morgan fingerprint density at radius 1 is 1.39 bits per heavy atom. The van der Waals surface area contributed by atoms with Gasteiger partial charge >= 0.3 is 0 Å². The van der Waals surface area contributed by atoms with Crippen molar-refractivity contribution < 1.29 is 9.53 Å². The molecule has 1 aromatic carbocycles. The summed E-state index contributed by atoms with van der Waals surface area (Å²) >= 11 is 9.42. The number of nitrogens with zero attached hydrogens (tertiary/aromatic N) is 2. The molecular formula is C17H20BrClN2O2. The highest BCUT2D eigenvalue weighted by Gasteiger charge is 2.17. The van der Waals surface area contributed by atoms with Gasteiger partial charge in [0.1, 0.15) is 5.75 Å². The van der Waals surface area contributed by atoms with Gasteiger partial charge < -0.3 is 4.74 Å². The van der Waals surface area contributed by atoms with E-state index in [0.29, 0.717) is 10.8 Å². The highest BCUT2D eigenvalue weighted by molar-refractivity contribution is 9.10. The second-order valence-corrected chi connectivity index (χ2v) is 6.74. The molecule has 1 aromatic heterocycles. The van der Waals surface area contributed by atoms with Crippen LogP contribution in [0.25, 0.3) is 0 Å². The first-order chi connectivity index (χ1) is 10.9. The third-order valence-corrected chi connectivity index (χ3v) is 4.49. The molecule has 0 radical (unpaired) electrons. The molecule has 0 unspecified atom stereocenters. The summed E-state index contributed by atoms with van der Waals surface area (Å²) < 4.78 is 7.83. The van der Waals surface area contributed by atoms with E-state index in [2.05, 4.69) is 28.0 Å². The van der Waals surface area contributed by atoms with Gasteiger partial charge in [-0.2, -0.15) is 5.10 Å². The van der Waals surface area contributed by atoms with Crippen LogP contribution in [0.5, 0.6) is 5.75 Å². The second-order valence-electron chi connectivity index (χ2n) is 5.42. The predicted molar refractivity (Wildman–Crippen MR) is 95.6 cm³/mol. The first kappa shape index (κ1) is 18.0. The molecule has 0 aliphatic heterocycles. The van der Waals surface area contributed by atoms with Crippen LogP contribution in [-0.4, -0.2) is 22.3 Å². The third-order valence-electron chi connectivity index (χ3n) is 3.70. The normalized spacial score (nSPS) is 10.8. The van der Waals surface area contributed by atoms with Crippen molar-refractivity contribution in [2.24, 2.45) is 0 Å². The Bertz CT molecular complexity index is 713. The second kappa shape index (κ2) is 7.97. The monoisotopic (exact) mass is 398 g/mol. The molecule has 0 aliphatic rings. The molecule has 0 fully saturated rings. The molecular weight excluding hydrogens is 380 g/mol. The Hall–Kier alpha value is -1.33. The molecule has 0 spiro atoms. The lowest BCUT2D eigenvalue weighted by molar-refractivity contribution is 0.0818. The zero-order valence-electron chi connectivity index (χ0n) is 13.5. The summed E-state index contributed by atoms with van der Waals surface area (Å²) in [5, 5.41) is 4.82. The van der Waals surface area contributed by atoms with Gasteiger partial charge in [0.15, 0.2) is 6.61 Å². The number of aromatic nitrogens is 2. The van der Waals surface area contributed by atoms with E-state index in [1.165, 1.54) is 4.68 Å². The fourth-order valence-corrected chi connectivity index (χ4v) is 3.15. The molecule has 6 heteroatoms. The average molecular weight is 400 g/mol. The molecule has 0 amide bonds. The molecule has 23 heavy (non-hydrogen) atoms. The van der Waals surface area contributed by atoms with Crippen LogP contribution in [0.3, 0.4) is 0 Å². The van der Waals surface area contributed by atoms with Crippen LogP contribution in [0, 0.1) is 13.8 Å². The third kappa shape index (κ3) is 4.36. The molecule has 0 bridgehead atoms. The molecule has 0 saturated carbocycles. The van der Waals surface area contributed by atoms with Gasteiger partial charge in [-0.25, -0.2) is 4.68 Å². The number of hydrogen-bond donors (Lipinski definition) is 0. The number of halogens is 2. The van der Waals surface area contributed by atoms with E-state index in [1.54, 1.807) is 12.1 Å². The van der Waals surface area contributed by atoms with Crippen molar-refractivity contribution in [1.29, 1.82) is 0 Å². The fourth-order valence-electron chi connectivity index (χ4n) is 2.43. The molecule has 0 aliphatic carbocycles. The lowest BCUT2D eigenvalue weighted by atomic mass is 10.1. The molecule has 2 rings (SSSR count). The first-order valence-corrected chi connectivity index (χ1v) is 8.77. The minimum Gasteiger partial charge on any atom is -0.482 e. The van der Waals surface area contributed by atoms with Crippen LogP contribution >= 0.6 is 27.5 Å². The van der Waals surface area contributed by atoms with Gasteiger partial charge in [-0.3, -0.25) is 4.79 Å². The number of carbonyl (C=O) groups is 1. The summed E-state index contributed by atoms with van der Waals surface area (Å²) in [6.07, 6.45) is 3.15. The van der Waals surface area contributed by atoms with Crippen molar-refractivity contribution in [3.63, 3.8) is 0 Å². The van der Waals surface area contributed by atoms with E-state index in [-0.39, 0.29) is 12.5 Å². The van der Waals surface area contributed by atoms with Gasteiger partial charge in [-0.15, -0.1) is 0 Å². The molecule has 0 atom stereocenters. The predicted octanol–water partition coefficient (Wildman–Crippen LogP) is 4.98. The van der Waals surface area contributed by atoms with Crippen LogP contribution in [0.1, 0.15) is 41.5 Å². The number of hydrogen-bond acceptors (Lipinski definition) is 3. The number of carbonyl (C=O) groups excluding carboxylic acids is 1. The maximum atomic E-state index is 12.4. The van der Waals surface area contributed by atoms with Crippen LogP contribution < -0.4 is 4.74 Å². The molecule has 4 nitrogen and oxygen atoms in total. The van der Waals surface area contributed by atoms with E-state index < -0.39 is 0 Å². The van der Waals surface area contributed by atoms with Gasteiger partial charge in [-0.1, -0.05) is 40.9 Å². The SMILES string of the molecule is CCCCc1c(C)nn(C(=O)COc2ccc(Br)cc2Cl)c1C. The van der Waals surface area contributed by atoms with Crippen molar-refractivity contribution >= 4 is 33.4 Å². The zero-order valence-corrected chi connectivity index (χ0v) is 15.9. The quantitative estimate of drug-likeness (QED) is 0.688. The molecule has 124 valence electrons.